The van der Waals surface area contributed by atoms with Crippen LogP contribution in [0.25, 0.3) is 0 Å². The average Bonchev–Trinajstić information content (AvgIpc) is 3.05. The maximum absolute atomic E-state index is 9.44. The van der Waals surface area contributed by atoms with E-state index in [1.807, 2.05) is 45.0 Å². The van der Waals surface area contributed by atoms with E-state index in [9.17, 15) is 10.5 Å². The fraction of sp³-hybridized carbons (Fsp3) is 0.429. The molecule has 6 nitrogen and oxygen atoms in total. The highest BCUT2D eigenvalue weighted by Gasteiger charge is 2.38. The van der Waals surface area contributed by atoms with Gasteiger partial charge in [-0.25, -0.2) is 5.01 Å². The molecule has 1 aromatic carbocycles. The number of hydrogen-bond donors (Lipinski definition) is 0. The van der Waals surface area contributed by atoms with E-state index in [4.69, 9.17) is 4.42 Å². The molecule has 27 heavy (non-hydrogen) atoms. The van der Waals surface area contributed by atoms with Gasteiger partial charge in [0.15, 0.2) is 0 Å². The highest BCUT2D eigenvalue weighted by Crippen LogP contribution is 2.43. The molecule has 1 fully saturated rings. The first-order valence-electron chi connectivity index (χ1n) is 9.00. The molecule has 0 atom stereocenters. The first-order valence-corrected chi connectivity index (χ1v) is 9.00. The second-order valence-corrected chi connectivity index (χ2v) is 7.97. The number of hydrazone groups is 1. The lowest BCUT2D eigenvalue weighted by Crippen LogP contribution is -2.32. The number of oxazole rings is 1. The highest BCUT2D eigenvalue weighted by molar-refractivity contribution is 5.80. The largest absolute Gasteiger partial charge is 0.421 e. The summed E-state index contributed by atoms with van der Waals surface area (Å²) in [5.41, 5.74) is 1.60. The maximum Gasteiger partial charge on any atom is 0.254 e. The summed E-state index contributed by atoms with van der Waals surface area (Å²) in [5, 5.41) is 24.6. The Morgan fingerprint density at radius 3 is 2.37 bits per heavy atom. The molecule has 0 saturated heterocycles. The Labute approximate surface area is 159 Å². The van der Waals surface area contributed by atoms with Crippen molar-refractivity contribution in [1.82, 2.24) is 4.98 Å². The summed E-state index contributed by atoms with van der Waals surface area (Å²) in [6.07, 6.45) is 4.66. The number of hydrogen-bond acceptors (Lipinski definition) is 6. The van der Waals surface area contributed by atoms with Crippen LogP contribution < -0.4 is 5.01 Å². The van der Waals surface area contributed by atoms with Crippen LogP contribution in [0.4, 0.5) is 5.88 Å². The molecule has 2 aromatic rings. The number of nitrogens with zero attached hydrogens (tertiary/aromatic N) is 5. The van der Waals surface area contributed by atoms with Gasteiger partial charge in [-0.1, -0.05) is 45.0 Å². The number of nitriles is 2. The van der Waals surface area contributed by atoms with Gasteiger partial charge in [-0.15, -0.1) is 0 Å². The minimum atomic E-state index is -0.308. The van der Waals surface area contributed by atoms with E-state index < -0.39 is 0 Å². The SMILES string of the molecule is CN(N=Cc1ccc(C2(C#N)CCC2)cc1)c1oc(C(C)(C)C)nc1C#N. The van der Waals surface area contributed by atoms with Gasteiger partial charge in [0.25, 0.3) is 5.88 Å². The Bertz CT molecular complexity index is 931. The Hall–Kier alpha value is -3.12. The molecule has 0 radical (unpaired) electrons. The topological polar surface area (TPSA) is 89.2 Å². The van der Waals surface area contributed by atoms with Crippen LogP contribution in [0, 0.1) is 22.7 Å². The van der Waals surface area contributed by atoms with Gasteiger partial charge in [0.1, 0.15) is 6.07 Å². The molecule has 1 aliphatic rings. The Kier molecular flexibility index (Phi) is 4.76. The lowest BCUT2D eigenvalue weighted by Gasteiger charge is -2.35. The molecule has 0 N–H and O–H groups in total. The molecule has 0 bridgehead atoms. The van der Waals surface area contributed by atoms with Crippen LogP contribution in [-0.4, -0.2) is 18.2 Å². The fourth-order valence-corrected chi connectivity index (χ4v) is 3.01. The van der Waals surface area contributed by atoms with Crippen molar-refractivity contribution < 1.29 is 4.42 Å². The predicted molar refractivity (Wildman–Crippen MR) is 103 cm³/mol. The van der Waals surface area contributed by atoms with Crippen molar-refractivity contribution in [1.29, 1.82) is 10.5 Å². The van der Waals surface area contributed by atoms with Gasteiger partial charge in [0.2, 0.25) is 11.6 Å². The average molecular weight is 361 g/mol. The molecule has 0 amide bonds. The summed E-state index contributed by atoms with van der Waals surface area (Å²) in [4.78, 5) is 4.27. The monoisotopic (exact) mass is 361 g/mol. The summed E-state index contributed by atoms with van der Waals surface area (Å²) < 4.78 is 5.76. The van der Waals surface area contributed by atoms with Crippen LogP contribution in [0.5, 0.6) is 0 Å². The summed E-state index contributed by atoms with van der Waals surface area (Å²) in [6.45, 7) is 5.93. The van der Waals surface area contributed by atoms with Crippen molar-refractivity contribution in [3.8, 4) is 12.1 Å². The van der Waals surface area contributed by atoms with Crippen molar-refractivity contribution in [2.45, 2.75) is 50.9 Å². The van der Waals surface area contributed by atoms with Gasteiger partial charge < -0.3 is 4.42 Å². The molecular formula is C21H23N5O. The zero-order valence-electron chi connectivity index (χ0n) is 16.2. The lowest BCUT2D eigenvalue weighted by atomic mass is 9.65. The summed E-state index contributed by atoms with van der Waals surface area (Å²) in [6, 6.07) is 12.4. The van der Waals surface area contributed by atoms with Gasteiger partial charge >= 0.3 is 0 Å². The van der Waals surface area contributed by atoms with E-state index in [0.717, 1.165) is 30.4 Å². The standard InChI is InChI=1S/C21H23N5O/c1-20(2,3)19-25-17(12-22)18(27-19)26(4)24-13-15-6-8-16(9-7-15)21(14-23)10-5-11-21/h6-9,13H,5,10-11H2,1-4H3. The van der Waals surface area contributed by atoms with Crippen molar-refractivity contribution in [2.75, 3.05) is 12.1 Å². The van der Waals surface area contributed by atoms with E-state index in [1.165, 1.54) is 5.01 Å². The maximum atomic E-state index is 9.44. The molecule has 3 rings (SSSR count). The van der Waals surface area contributed by atoms with Crippen molar-refractivity contribution in [2.24, 2.45) is 5.10 Å². The zero-order valence-corrected chi connectivity index (χ0v) is 16.2. The number of rotatable bonds is 4. The fourth-order valence-electron chi connectivity index (χ4n) is 3.01. The van der Waals surface area contributed by atoms with Gasteiger partial charge in [0.05, 0.1) is 17.7 Å². The molecule has 0 spiro atoms. The van der Waals surface area contributed by atoms with Crippen molar-refractivity contribution in [3.05, 3.63) is 47.0 Å². The summed E-state index contributed by atoms with van der Waals surface area (Å²) >= 11 is 0. The quantitative estimate of drug-likeness (QED) is 0.599. The van der Waals surface area contributed by atoms with Gasteiger partial charge in [-0.05, 0) is 30.4 Å². The molecule has 1 heterocycles. The minimum absolute atomic E-state index is 0.218. The molecule has 1 saturated carbocycles. The van der Waals surface area contributed by atoms with E-state index in [-0.39, 0.29) is 16.5 Å². The van der Waals surface area contributed by atoms with E-state index in [2.05, 4.69) is 22.2 Å². The third kappa shape index (κ3) is 3.57. The Morgan fingerprint density at radius 1 is 1.22 bits per heavy atom. The zero-order chi connectivity index (χ0) is 19.7. The molecule has 0 aliphatic heterocycles. The first-order chi connectivity index (χ1) is 12.8. The molecule has 1 aliphatic carbocycles. The van der Waals surface area contributed by atoms with Crippen LogP contribution in [0.3, 0.4) is 0 Å². The summed E-state index contributed by atoms with van der Waals surface area (Å²) in [5.74, 6) is 0.830. The van der Waals surface area contributed by atoms with Crippen molar-refractivity contribution in [3.63, 3.8) is 0 Å². The summed E-state index contributed by atoms with van der Waals surface area (Å²) in [7, 11) is 1.72. The first kappa shape index (κ1) is 18.7. The van der Waals surface area contributed by atoms with E-state index >= 15 is 0 Å². The molecule has 6 heteroatoms. The molecular weight excluding hydrogens is 338 g/mol. The van der Waals surface area contributed by atoms with Gasteiger partial charge in [-0.3, -0.25) is 0 Å². The second-order valence-electron chi connectivity index (χ2n) is 7.97. The van der Waals surface area contributed by atoms with Gasteiger partial charge in [0, 0.05) is 12.5 Å². The second kappa shape index (κ2) is 6.89. The smallest absolute Gasteiger partial charge is 0.254 e. The van der Waals surface area contributed by atoms with Crippen molar-refractivity contribution >= 4 is 12.1 Å². The number of benzene rings is 1. The van der Waals surface area contributed by atoms with Crippen LogP contribution in [0.2, 0.25) is 0 Å². The van der Waals surface area contributed by atoms with Crippen LogP contribution in [0.15, 0.2) is 33.8 Å². The van der Waals surface area contributed by atoms with Crippen LogP contribution in [0.1, 0.15) is 62.7 Å². The third-order valence-electron chi connectivity index (χ3n) is 4.92. The Balaban J connectivity index is 1.78. The van der Waals surface area contributed by atoms with Crippen LogP contribution >= 0.6 is 0 Å². The molecule has 1 aromatic heterocycles. The predicted octanol–water partition coefficient (Wildman–Crippen LogP) is 4.26. The third-order valence-corrected chi connectivity index (χ3v) is 4.92. The van der Waals surface area contributed by atoms with Gasteiger partial charge in [-0.2, -0.15) is 20.6 Å². The minimum Gasteiger partial charge on any atom is -0.421 e. The van der Waals surface area contributed by atoms with E-state index in [0.29, 0.717) is 11.8 Å². The highest BCUT2D eigenvalue weighted by atomic mass is 16.4. The molecule has 0 unspecified atom stereocenters. The van der Waals surface area contributed by atoms with Crippen LogP contribution in [-0.2, 0) is 10.8 Å². The number of aromatic nitrogens is 1. The lowest BCUT2D eigenvalue weighted by molar-refractivity contribution is 0.324. The normalized spacial score (nSPS) is 15.8. The van der Waals surface area contributed by atoms with E-state index in [1.54, 1.807) is 13.3 Å². The molecule has 138 valence electrons. The number of anilines is 1. The Morgan fingerprint density at radius 2 is 1.89 bits per heavy atom.